The Balaban J connectivity index is 1.41. The van der Waals surface area contributed by atoms with Gasteiger partial charge in [-0.25, -0.2) is 4.98 Å². The molecule has 2 saturated heterocycles. The van der Waals surface area contributed by atoms with Gasteiger partial charge in [-0.15, -0.1) is 0 Å². The molecule has 0 spiro atoms. The molecular formula is C16H22N4O. The number of hydrogen-bond acceptors (Lipinski definition) is 4. The van der Waals surface area contributed by atoms with E-state index in [0.717, 1.165) is 62.3 Å². The van der Waals surface area contributed by atoms with Crippen molar-refractivity contribution < 1.29 is 4.74 Å². The average Bonchev–Trinajstić information content (AvgIpc) is 3.14. The van der Waals surface area contributed by atoms with Crippen LogP contribution < -0.4 is 4.90 Å². The van der Waals surface area contributed by atoms with Gasteiger partial charge in [-0.3, -0.25) is 4.90 Å². The monoisotopic (exact) mass is 286 g/mol. The summed E-state index contributed by atoms with van der Waals surface area (Å²) in [5, 5.41) is 0. The van der Waals surface area contributed by atoms with E-state index in [1.165, 1.54) is 13.0 Å². The van der Waals surface area contributed by atoms with Gasteiger partial charge in [0.15, 0.2) is 0 Å². The number of para-hydroxylation sites is 2. The lowest BCUT2D eigenvalue weighted by Gasteiger charge is -2.29. The van der Waals surface area contributed by atoms with E-state index in [9.17, 15) is 0 Å². The van der Waals surface area contributed by atoms with Gasteiger partial charge < -0.3 is 14.6 Å². The SMILES string of the molecule is c1ccc2[nH]c(N3CCC(CN4CCOCC4)C3)nc2c1. The van der Waals surface area contributed by atoms with Crippen molar-refractivity contribution in [3.05, 3.63) is 24.3 Å². The van der Waals surface area contributed by atoms with Gasteiger partial charge in [0.05, 0.1) is 24.2 Å². The first kappa shape index (κ1) is 13.1. The topological polar surface area (TPSA) is 44.4 Å². The smallest absolute Gasteiger partial charge is 0.203 e. The number of hydrogen-bond donors (Lipinski definition) is 1. The van der Waals surface area contributed by atoms with Crippen molar-refractivity contribution in [3.8, 4) is 0 Å². The quantitative estimate of drug-likeness (QED) is 0.933. The maximum atomic E-state index is 5.42. The van der Waals surface area contributed by atoms with E-state index in [1.54, 1.807) is 0 Å². The maximum absolute atomic E-state index is 5.42. The highest BCUT2D eigenvalue weighted by Crippen LogP contribution is 2.24. The lowest BCUT2D eigenvalue weighted by atomic mass is 10.1. The van der Waals surface area contributed by atoms with E-state index in [2.05, 4.69) is 33.0 Å². The largest absolute Gasteiger partial charge is 0.379 e. The Bertz CT molecular complexity index is 572. The van der Waals surface area contributed by atoms with Crippen LogP contribution in [0.4, 0.5) is 5.95 Å². The molecule has 1 unspecified atom stereocenters. The van der Waals surface area contributed by atoms with Crippen molar-refractivity contribution in [3.63, 3.8) is 0 Å². The fraction of sp³-hybridized carbons (Fsp3) is 0.562. The number of imidazole rings is 1. The Morgan fingerprint density at radius 3 is 2.90 bits per heavy atom. The van der Waals surface area contributed by atoms with Gasteiger partial charge in [0.1, 0.15) is 0 Å². The third-order valence-electron chi connectivity index (χ3n) is 4.58. The molecule has 2 fully saturated rings. The first-order valence-corrected chi connectivity index (χ1v) is 7.88. The molecule has 3 heterocycles. The normalized spacial score (nSPS) is 24.0. The van der Waals surface area contributed by atoms with Gasteiger partial charge in [-0.2, -0.15) is 0 Å². The second-order valence-electron chi connectivity index (χ2n) is 6.09. The molecule has 0 radical (unpaired) electrons. The number of rotatable bonds is 3. The van der Waals surface area contributed by atoms with Crippen molar-refractivity contribution in [2.45, 2.75) is 6.42 Å². The fourth-order valence-electron chi connectivity index (χ4n) is 3.41. The highest BCUT2D eigenvalue weighted by Gasteiger charge is 2.26. The average molecular weight is 286 g/mol. The predicted octanol–water partition coefficient (Wildman–Crippen LogP) is 1.72. The summed E-state index contributed by atoms with van der Waals surface area (Å²) in [6.07, 6.45) is 1.26. The maximum Gasteiger partial charge on any atom is 0.203 e. The van der Waals surface area contributed by atoms with Crippen molar-refractivity contribution in [2.75, 3.05) is 50.8 Å². The minimum absolute atomic E-state index is 0.747. The lowest BCUT2D eigenvalue weighted by Crippen LogP contribution is -2.39. The molecule has 112 valence electrons. The van der Waals surface area contributed by atoms with Crippen molar-refractivity contribution in [2.24, 2.45) is 5.92 Å². The fourth-order valence-corrected chi connectivity index (χ4v) is 3.41. The molecular weight excluding hydrogens is 264 g/mol. The Hall–Kier alpha value is -1.59. The van der Waals surface area contributed by atoms with Crippen LogP contribution in [0, 0.1) is 5.92 Å². The standard InChI is InChI=1S/C16H22N4O/c1-2-4-15-14(3-1)17-16(18-15)20-6-5-13(12-20)11-19-7-9-21-10-8-19/h1-4,13H,5-12H2,(H,17,18). The van der Waals surface area contributed by atoms with Crippen LogP contribution in [0.25, 0.3) is 11.0 Å². The molecule has 0 saturated carbocycles. The third-order valence-corrected chi connectivity index (χ3v) is 4.58. The molecule has 1 aromatic carbocycles. The number of aromatic amines is 1. The van der Waals surface area contributed by atoms with Crippen LogP contribution in [0.2, 0.25) is 0 Å². The summed E-state index contributed by atoms with van der Waals surface area (Å²) in [6, 6.07) is 8.25. The molecule has 0 bridgehead atoms. The molecule has 2 aliphatic heterocycles. The van der Waals surface area contributed by atoms with E-state index >= 15 is 0 Å². The van der Waals surface area contributed by atoms with E-state index in [0.29, 0.717) is 0 Å². The molecule has 1 N–H and O–H groups in total. The molecule has 0 amide bonds. The number of fused-ring (bicyclic) bond motifs is 1. The molecule has 4 rings (SSSR count). The summed E-state index contributed by atoms with van der Waals surface area (Å²) < 4.78 is 5.42. The highest BCUT2D eigenvalue weighted by atomic mass is 16.5. The Labute approximate surface area is 124 Å². The number of benzene rings is 1. The molecule has 1 atom stereocenters. The van der Waals surface area contributed by atoms with Gasteiger partial charge >= 0.3 is 0 Å². The summed E-state index contributed by atoms with van der Waals surface area (Å²) in [4.78, 5) is 13.1. The summed E-state index contributed by atoms with van der Waals surface area (Å²) in [5.74, 6) is 1.77. The Morgan fingerprint density at radius 1 is 1.19 bits per heavy atom. The van der Waals surface area contributed by atoms with E-state index in [1.807, 2.05) is 6.07 Å². The molecule has 2 aliphatic rings. The molecule has 0 aliphatic carbocycles. The number of ether oxygens (including phenoxy) is 1. The van der Waals surface area contributed by atoms with Gasteiger partial charge in [-0.1, -0.05) is 12.1 Å². The number of morpholine rings is 1. The Kier molecular flexibility index (Phi) is 3.53. The van der Waals surface area contributed by atoms with Crippen LogP contribution in [0.3, 0.4) is 0 Å². The second kappa shape index (κ2) is 5.66. The van der Waals surface area contributed by atoms with Gasteiger partial charge in [0.2, 0.25) is 5.95 Å². The number of anilines is 1. The summed E-state index contributed by atoms with van der Waals surface area (Å²) in [7, 11) is 0. The summed E-state index contributed by atoms with van der Waals surface area (Å²) >= 11 is 0. The first-order valence-electron chi connectivity index (χ1n) is 7.88. The summed E-state index contributed by atoms with van der Waals surface area (Å²) in [6.45, 7) is 7.36. The molecule has 2 aromatic rings. The Morgan fingerprint density at radius 2 is 2.05 bits per heavy atom. The summed E-state index contributed by atoms with van der Waals surface area (Å²) in [5.41, 5.74) is 2.19. The zero-order chi connectivity index (χ0) is 14.1. The van der Waals surface area contributed by atoms with Crippen LogP contribution in [0.1, 0.15) is 6.42 Å². The zero-order valence-electron chi connectivity index (χ0n) is 12.3. The van der Waals surface area contributed by atoms with Crippen molar-refractivity contribution in [1.29, 1.82) is 0 Å². The molecule has 1 aromatic heterocycles. The van der Waals surface area contributed by atoms with Crippen molar-refractivity contribution >= 4 is 17.0 Å². The zero-order valence-corrected chi connectivity index (χ0v) is 12.3. The van der Waals surface area contributed by atoms with Crippen LogP contribution in [0.15, 0.2) is 24.3 Å². The number of nitrogens with zero attached hydrogens (tertiary/aromatic N) is 3. The van der Waals surface area contributed by atoms with E-state index < -0.39 is 0 Å². The molecule has 5 heteroatoms. The van der Waals surface area contributed by atoms with Crippen LogP contribution in [-0.2, 0) is 4.74 Å². The second-order valence-corrected chi connectivity index (χ2v) is 6.09. The number of nitrogens with one attached hydrogen (secondary N) is 1. The third kappa shape index (κ3) is 2.76. The van der Waals surface area contributed by atoms with Crippen LogP contribution in [0.5, 0.6) is 0 Å². The number of H-pyrrole nitrogens is 1. The minimum Gasteiger partial charge on any atom is -0.379 e. The first-order chi connectivity index (χ1) is 10.4. The van der Waals surface area contributed by atoms with Gasteiger partial charge in [-0.05, 0) is 24.5 Å². The van der Waals surface area contributed by atoms with Gasteiger partial charge in [0, 0.05) is 32.7 Å². The highest BCUT2D eigenvalue weighted by molar-refractivity contribution is 5.77. The predicted molar refractivity (Wildman–Crippen MR) is 83.7 cm³/mol. The van der Waals surface area contributed by atoms with Crippen molar-refractivity contribution in [1.82, 2.24) is 14.9 Å². The van der Waals surface area contributed by atoms with E-state index in [-0.39, 0.29) is 0 Å². The minimum atomic E-state index is 0.747. The van der Waals surface area contributed by atoms with E-state index in [4.69, 9.17) is 9.72 Å². The van der Waals surface area contributed by atoms with Crippen LogP contribution >= 0.6 is 0 Å². The molecule has 5 nitrogen and oxygen atoms in total. The number of aromatic nitrogens is 2. The van der Waals surface area contributed by atoms with Crippen LogP contribution in [-0.4, -0.2) is 60.8 Å². The molecule has 21 heavy (non-hydrogen) atoms. The van der Waals surface area contributed by atoms with Gasteiger partial charge in [0.25, 0.3) is 0 Å². The lowest BCUT2D eigenvalue weighted by molar-refractivity contribution is 0.0320.